The summed E-state index contributed by atoms with van der Waals surface area (Å²) in [7, 11) is 0. The molecule has 2 aliphatic heterocycles. The van der Waals surface area contributed by atoms with E-state index in [0.717, 1.165) is 25.2 Å². The number of benzene rings is 2. The van der Waals surface area contributed by atoms with E-state index < -0.39 is 17.5 Å². The van der Waals surface area contributed by atoms with Crippen LogP contribution in [0.3, 0.4) is 0 Å². The third-order valence-electron chi connectivity index (χ3n) is 6.25. The number of piperazine rings is 1. The molecular weight excluding hydrogens is 400 g/mol. The summed E-state index contributed by atoms with van der Waals surface area (Å²) in [5.74, 6) is -1.98. The fourth-order valence-corrected chi connectivity index (χ4v) is 4.43. The van der Waals surface area contributed by atoms with E-state index in [1.807, 2.05) is 4.90 Å². The molecule has 0 spiro atoms. The average molecular weight is 427 g/mol. The number of amides is 2. The fourth-order valence-electron chi connectivity index (χ4n) is 4.43. The Labute approximate surface area is 181 Å². The average Bonchev–Trinajstić information content (AvgIpc) is 2.78. The highest BCUT2D eigenvalue weighted by Crippen LogP contribution is 2.24. The van der Waals surface area contributed by atoms with Crippen LogP contribution < -0.4 is 4.90 Å². The molecule has 2 aliphatic rings. The molecule has 0 radical (unpaired) electrons. The zero-order chi connectivity index (χ0) is 22.0. The molecule has 0 aromatic heterocycles. The van der Waals surface area contributed by atoms with Gasteiger partial charge in [0.05, 0.1) is 5.56 Å². The minimum Gasteiger partial charge on any atom is -0.368 e. The Hall–Kier alpha value is -2.96. The number of hydrogen-bond donors (Lipinski definition) is 0. The van der Waals surface area contributed by atoms with Crippen molar-refractivity contribution in [2.45, 2.75) is 19.8 Å². The summed E-state index contributed by atoms with van der Waals surface area (Å²) in [4.78, 5) is 31.3. The third kappa shape index (κ3) is 4.70. The lowest BCUT2D eigenvalue weighted by atomic mass is 9.94. The Morgan fingerprint density at radius 1 is 0.871 bits per heavy atom. The first-order valence-electron chi connectivity index (χ1n) is 10.8. The van der Waals surface area contributed by atoms with E-state index in [1.165, 1.54) is 17.3 Å². The molecule has 2 aromatic rings. The number of nitrogens with zero attached hydrogens (tertiary/aromatic N) is 3. The second-order valence-corrected chi connectivity index (χ2v) is 8.34. The molecular formula is C24H27F2N3O2. The molecule has 0 saturated carbocycles. The first kappa shape index (κ1) is 21.3. The van der Waals surface area contributed by atoms with Crippen LogP contribution in [0.4, 0.5) is 14.5 Å². The van der Waals surface area contributed by atoms with E-state index in [-0.39, 0.29) is 17.4 Å². The van der Waals surface area contributed by atoms with Crippen molar-refractivity contribution < 1.29 is 18.4 Å². The number of aryl methyl sites for hydroxylation is 1. The molecule has 2 heterocycles. The zero-order valence-electron chi connectivity index (χ0n) is 17.7. The monoisotopic (exact) mass is 427 g/mol. The largest absolute Gasteiger partial charge is 0.368 e. The molecule has 0 N–H and O–H groups in total. The van der Waals surface area contributed by atoms with Crippen LogP contribution >= 0.6 is 0 Å². The van der Waals surface area contributed by atoms with Crippen LogP contribution in [0.15, 0.2) is 42.5 Å². The van der Waals surface area contributed by atoms with Crippen LogP contribution in [0, 0.1) is 24.5 Å². The van der Waals surface area contributed by atoms with Gasteiger partial charge in [0, 0.05) is 56.9 Å². The maximum Gasteiger partial charge on any atom is 0.256 e. The predicted octanol–water partition coefficient (Wildman–Crippen LogP) is 3.47. The van der Waals surface area contributed by atoms with Crippen molar-refractivity contribution in [1.82, 2.24) is 9.80 Å². The van der Waals surface area contributed by atoms with Crippen molar-refractivity contribution in [3.63, 3.8) is 0 Å². The number of halogens is 2. The first-order chi connectivity index (χ1) is 14.9. The van der Waals surface area contributed by atoms with Gasteiger partial charge in [0.15, 0.2) is 0 Å². The Bertz CT molecular complexity index is 965. The second-order valence-electron chi connectivity index (χ2n) is 8.34. The molecule has 164 valence electrons. The number of anilines is 1. The van der Waals surface area contributed by atoms with Crippen molar-refractivity contribution in [2.75, 3.05) is 44.2 Å². The smallest absolute Gasteiger partial charge is 0.256 e. The predicted molar refractivity (Wildman–Crippen MR) is 115 cm³/mol. The van der Waals surface area contributed by atoms with Gasteiger partial charge in [0.2, 0.25) is 5.91 Å². The quantitative estimate of drug-likeness (QED) is 0.754. The number of carbonyl (C=O) groups is 2. The first-order valence-corrected chi connectivity index (χ1v) is 10.8. The number of hydrogen-bond acceptors (Lipinski definition) is 3. The number of piperidine rings is 1. The van der Waals surface area contributed by atoms with E-state index in [9.17, 15) is 18.4 Å². The van der Waals surface area contributed by atoms with E-state index >= 15 is 0 Å². The molecule has 2 aromatic carbocycles. The highest BCUT2D eigenvalue weighted by molar-refractivity contribution is 5.94. The molecule has 2 fully saturated rings. The van der Waals surface area contributed by atoms with Gasteiger partial charge in [-0.15, -0.1) is 0 Å². The molecule has 5 nitrogen and oxygen atoms in total. The molecule has 2 amide bonds. The van der Waals surface area contributed by atoms with Crippen LogP contribution in [-0.2, 0) is 4.79 Å². The maximum atomic E-state index is 13.9. The molecule has 2 saturated heterocycles. The molecule has 31 heavy (non-hydrogen) atoms. The fraction of sp³-hybridized carbons (Fsp3) is 0.417. The van der Waals surface area contributed by atoms with Gasteiger partial charge in [0.25, 0.3) is 5.91 Å². The standard InChI is InChI=1S/C24H27F2N3O2/c1-17-3-2-4-20(15-17)27-11-13-29(14-12-27)23(30)18-7-9-28(10-8-18)24(31)21-6-5-19(25)16-22(21)26/h2-6,15-16,18H,7-14H2,1H3. The Morgan fingerprint density at radius 3 is 2.23 bits per heavy atom. The highest BCUT2D eigenvalue weighted by Gasteiger charge is 2.32. The van der Waals surface area contributed by atoms with Crippen LogP contribution in [0.1, 0.15) is 28.8 Å². The summed E-state index contributed by atoms with van der Waals surface area (Å²) in [5.41, 5.74) is 2.28. The van der Waals surface area contributed by atoms with E-state index in [0.29, 0.717) is 39.0 Å². The van der Waals surface area contributed by atoms with Gasteiger partial charge in [-0.1, -0.05) is 12.1 Å². The van der Waals surface area contributed by atoms with Crippen molar-refractivity contribution in [1.29, 1.82) is 0 Å². The maximum absolute atomic E-state index is 13.9. The second kappa shape index (κ2) is 9.04. The highest BCUT2D eigenvalue weighted by atomic mass is 19.1. The Balaban J connectivity index is 1.29. The number of rotatable bonds is 3. The minimum atomic E-state index is -0.852. The minimum absolute atomic E-state index is 0.118. The Kier molecular flexibility index (Phi) is 6.20. The van der Waals surface area contributed by atoms with Crippen LogP contribution in [0.25, 0.3) is 0 Å². The van der Waals surface area contributed by atoms with Crippen molar-refractivity contribution in [2.24, 2.45) is 5.92 Å². The van der Waals surface area contributed by atoms with Crippen LogP contribution in [0.5, 0.6) is 0 Å². The van der Waals surface area contributed by atoms with E-state index in [4.69, 9.17) is 0 Å². The Morgan fingerprint density at radius 2 is 1.58 bits per heavy atom. The van der Waals surface area contributed by atoms with Crippen LogP contribution in [-0.4, -0.2) is 60.9 Å². The van der Waals surface area contributed by atoms with Crippen molar-refractivity contribution in [3.05, 3.63) is 65.2 Å². The molecule has 0 aliphatic carbocycles. The third-order valence-corrected chi connectivity index (χ3v) is 6.25. The van der Waals surface area contributed by atoms with E-state index in [2.05, 4.69) is 36.1 Å². The summed E-state index contributed by atoms with van der Waals surface area (Å²) in [6.07, 6.45) is 1.12. The summed E-state index contributed by atoms with van der Waals surface area (Å²) in [6, 6.07) is 11.4. The SMILES string of the molecule is Cc1cccc(N2CCN(C(=O)C3CCN(C(=O)c4ccc(F)cc4F)CC3)CC2)c1. The van der Waals surface area contributed by atoms with Gasteiger partial charge in [-0.2, -0.15) is 0 Å². The van der Waals surface area contributed by atoms with Crippen molar-refractivity contribution >= 4 is 17.5 Å². The normalized spacial score (nSPS) is 17.7. The topological polar surface area (TPSA) is 43.9 Å². The lowest BCUT2D eigenvalue weighted by Gasteiger charge is -2.39. The van der Waals surface area contributed by atoms with Gasteiger partial charge >= 0.3 is 0 Å². The van der Waals surface area contributed by atoms with Crippen LogP contribution in [0.2, 0.25) is 0 Å². The molecule has 7 heteroatoms. The summed E-state index contributed by atoms with van der Waals surface area (Å²) in [5, 5.41) is 0. The van der Waals surface area contributed by atoms with Gasteiger partial charge in [-0.25, -0.2) is 8.78 Å². The zero-order valence-corrected chi connectivity index (χ0v) is 17.7. The summed E-state index contributed by atoms with van der Waals surface area (Å²) in [6.45, 7) is 5.85. The van der Waals surface area contributed by atoms with Gasteiger partial charge < -0.3 is 14.7 Å². The molecule has 0 bridgehead atoms. The lowest BCUT2D eigenvalue weighted by molar-refractivity contribution is -0.137. The summed E-state index contributed by atoms with van der Waals surface area (Å²) < 4.78 is 27.0. The molecule has 0 unspecified atom stereocenters. The molecule has 0 atom stereocenters. The van der Waals surface area contributed by atoms with Gasteiger partial charge in [-0.05, 0) is 49.6 Å². The molecule has 4 rings (SSSR count). The van der Waals surface area contributed by atoms with E-state index in [1.54, 1.807) is 4.90 Å². The number of likely N-dealkylation sites (tertiary alicyclic amines) is 1. The van der Waals surface area contributed by atoms with Gasteiger partial charge in [0.1, 0.15) is 11.6 Å². The summed E-state index contributed by atoms with van der Waals surface area (Å²) >= 11 is 0. The van der Waals surface area contributed by atoms with Gasteiger partial charge in [-0.3, -0.25) is 9.59 Å². The lowest BCUT2D eigenvalue weighted by Crippen LogP contribution is -2.52. The van der Waals surface area contributed by atoms with Crippen molar-refractivity contribution in [3.8, 4) is 0 Å². The number of carbonyl (C=O) groups excluding carboxylic acids is 2.